The molecule has 6 nitrogen and oxygen atoms in total. The molecule has 0 spiro atoms. The second-order valence-electron chi connectivity index (χ2n) is 5.90. The molecule has 3 N–H and O–H groups in total. The molecule has 28 heavy (non-hydrogen) atoms. The van der Waals surface area contributed by atoms with Crippen molar-refractivity contribution in [2.24, 2.45) is 0 Å². The Morgan fingerprint density at radius 3 is 1.82 bits per heavy atom. The van der Waals surface area contributed by atoms with Crippen molar-refractivity contribution in [2.45, 2.75) is 57.7 Å². The third-order valence-corrected chi connectivity index (χ3v) is 3.52. The number of carboxylic acids is 1. The van der Waals surface area contributed by atoms with E-state index in [2.05, 4.69) is 9.78 Å². The Morgan fingerprint density at radius 1 is 0.821 bits per heavy atom. The number of hydrogen-bond donors (Lipinski definition) is 3. The highest BCUT2D eigenvalue weighted by Crippen LogP contribution is 2.03. The molecule has 0 aromatic rings. The Hall–Kier alpha value is -2.25. The highest BCUT2D eigenvalue weighted by molar-refractivity contribution is 5.66. The van der Waals surface area contributed by atoms with Gasteiger partial charge in [0, 0.05) is 6.42 Å². The van der Waals surface area contributed by atoms with Crippen molar-refractivity contribution >= 4 is 5.97 Å². The molecule has 0 aliphatic heterocycles. The molecule has 0 fully saturated rings. The van der Waals surface area contributed by atoms with Crippen molar-refractivity contribution in [3.8, 4) is 0 Å². The Morgan fingerprint density at radius 2 is 1.36 bits per heavy atom. The van der Waals surface area contributed by atoms with Gasteiger partial charge in [-0.25, -0.2) is 9.78 Å². The Bertz CT molecular complexity index is 557. The topological polar surface area (TPSA) is 96.2 Å². The van der Waals surface area contributed by atoms with Gasteiger partial charge >= 0.3 is 5.97 Å². The van der Waals surface area contributed by atoms with E-state index >= 15 is 0 Å². The fraction of sp³-hybridized carbons (Fsp3) is 0.409. The first-order chi connectivity index (χ1) is 13.6. The Kier molecular flexibility index (Phi) is 17.9. The van der Waals surface area contributed by atoms with Crippen molar-refractivity contribution in [3.63, 3.8) is 0 Å². The Balaban J connectivity index is 4.09. The summed E-state index contributed by atoms with van der Waals surface area (Å²) < 4.78 is 0. The average Bonchev–Trinajstić information content (AvgIpc) is 2.69. The summed E-state index contributed by atoms with van der Waals surface area (Å²) >= 11 is 0. The molecule has 2 atom stereocenters. The molecule has 6 heteroatoms. The fourth-order valence-electron chi connectivity index (χ4n) is 2.03. The normalized spacial score (nSPS) is 15.2. The smallest absolute Gasteiger partial charge is 0.303 e. The highest BCUT2D eigenvalue weighted by Gasteiger charge is 2.01. The van der Waals surface area contributed by atoms with Crippen LogP contribution in [0.1, 0.15) is 45.4 Å². The summed E-state index contributed by atoms with van der Waals surface area (Å²) in [6, 6.07) is 0. The summed E-state index contributed by atoms with van der Waals surface area (Å²) in [5, 5.41) is 26.2. The maximum atomic E-state index is 10.4. The number of rotatable bonds is 16. The van der Waals surface area contributed by atoms with E-state index in [1.165, 1.54) is 0 Å². The van der Waals surface area contributed by atoms with Crippen LogP contribution in [-0.4, -0.2) is 33.8 Å². The van der Waals surface area contributed by atoms with Gasteiger partial charge in [-0.05, 0) is 32.1 Å². The predicted molar refractivity (Wildman–Crippen MR) is 111 cm³/mol. The number of aliphatic carboxylic acids is 1. The molecule has 0 aromatic carbocycles. The second kappa shape index (κ2) is 19.5. The largest absolute Gasteiger partial charge is 0.481 e. The average molecular weight is 392 g/mol. The molecule has 156 valence electrons. The van der Waals surface area contributed by atoms with Crippen LogP contribution < -0.4 is 0 Å². The summed E-state index contributed by atoms with van der Waals surface area (Å²) in [5.41, 5.74) is 0. The van der Waals surface area contributed by atoms with E-state index in [1.807, 2.05) is 49.5 Å². The minimum Gasteiger partial charge on any atom is -0.481 e. The lowest BCUT2D eigenvalue weighted by Crippen LogP contribution is -2.05. The maximum Gasteiger partial charge on any atom is 0.303 e. The zero-order valence-corrected chi connectivity index (χ0v) is 16.4. The van der Waals surface area contributed by atoms with Crippen LogP contribution >= 0.6 is 0 Å². The van der Waals surface area contributed by atoms with E-state index in [0.717, 1.165) is 12.8 Å². The molecule has 0 amide bonds. The van der Waals surface area contributed by atoms with Gasteiger partial charge in [-0.1, -0.05) is 79.8 Å². The molecule has 0 saturated heterocycles. The minimum atomic E-state index is -0.833. The molecule has 0 aliphatic carbocycles. The summed E-state index contributed by atoms with van der Waals surface area (Å²) in [6.45, 7) is 2.05. The quantitative estimate of drug-likeness (QED) is 0.139. The third-order valence-electron chi connectivity index (χ3n) is 3.52. The van der Waals surface area contributed by atoms with Gasteiger partial charge in [0.1, 0.15) is 12.2 Å². The van der Waals surface area contributed by atoms with Crippen LogP contribution in [0, 0.1) is 0 Å². The van der Waals surface area contributed by atoms with Gasteiger partial charge in [0.05, 0.1) is 0 Å². The molecule has 0 unspecified atom stereocenters. The van der Waals surface area contributed by atoms with Crippen LogP contribution in [0.15, 0.2) is 72.9 Å². The SMILES string of the molecule is CC/C=C\C[C@@H](/C=C/C=C\C/C=C\C=C\[C@H](C/C=C\CCC(=O)O)OO)OO. The molecule has 0 saturated carbocycles. The van der Waals surface area contributed by atoms with Gasteiger partial charge in [0.2, 0.25) is 0 Å². The zero-order chi connectivity index (χ0) is 20.9. The second-order valence-corrected chi connectivity index (χ2v) is 5.90. The van der Waals surface area contributed by atoms with Gasteiger partial charge in [-0.2, -0.15) is 0 Å². The number of carboxylic acid groups (broad SMARTS) is 1. The standard InChI is InChI=1S/C22H32O6/c1-2-3-10-15-20(27-25)16-11-7-5-4-6-8-12-17-21(28-26)18-13-9-14-19-22(23)24/h3,5-13,16-17,20-21,25-26H,2,4,14-15,18-19H2,1H3,(H,23,24)/b7-5-,8-6-,10-3-,13-9-,16-11+,17-12+/t20-,21+/m0/s1. The van der Waals surface area contributed by atoms with Gasteiger partial charge in [-0.3, -0.25) is 15.3 Å². The van der Waals surface area contributed by atoms with Crippen LogP contribution in [0.4, 0.5) is 0 Å². The number of hydrogen-bond acceptors (Lipinski definition) is 5. The van der Waals surface area contributed by atoms with Gasteiger partial charge < -0.3 is 5.11 Å². The van der Waals surface area contributed by atoms with E-state index in [9.17, 15) is 4.79 Å². The molecule has 0 heterocycles. The predicted octanol–water partition coefficient (Wildman–Crippen LogP) is 5.49. The van der Waals surface area contributed by atoms with E-state index in [0.29, 0.717) is 19.3 Å². The molecule has 0 bridgehead atoms. The van der Waals surface area contributed by atoms with E-state index in [4.69, 9.17) is 15.6 Å². The van der Waals surface area contributed by atoms with Crippen molar-refractivity contribution in [3.05, 3.63) is 72.9 Å². The van der Waals surface area contributed by atoms with E-state index < -0.39 is 12.1 Å². The van der Waals surface area contributed by atoms with Gasteiger partial charge in [-0.15, -0.1) is 0 Å². The van der Waals surface area contributed by atoms with Crippen LogP contribution in [0.5, 0.6) is 0 Å². The first kappa shape index (κ1) is 25.8. The van der Waals surface area contributed by atoms with Crippen molar-refractivity contribution in [1.29, 1.82) is 0 Å². The lowest BCUT2D eigenvalue weighted by molar-refractivity contribution is -0.264. The monoisotopic (exact) mass is 392 g/mol. The molecule has 0 radical (unpaired) electrons. The van der Waals surface area contributed by atoms with Crippen molar-refractivity contribution < 1.29 is 30.2 Å². The number of carbonyl (C=O) groups is 1. The van der Waals surface area contributed by atoms with Gasteiger partial charge in [0.25, 0.3) is 0 Å². The van der Waals surface area contributed by atoms with E-state index in [1.54, 1.807) is 30.4 Å². The molecule has 0 aromatic heterocycles. The van der Waals surface area contributed by atoms with Crippen LogP contribution in [0.25, 0.3) is 0 Å². The molecule has 0 rings (SSSR count). The summed E-state index contributed by atoms with van der Waals surface area (Å²) in [7, 11) is 0. The lowest BCUT2D eigenvalue weighted by Gasteiger charge is -2.04. The van der Waals surface area contributed by atoms with Gasteiger partial charge in [0.15, 0.2) is 0 Å². The summed E-state index contributed by atoms with van der Waals surface area (Å²) in [4.78, 5) is 19.1. The van der Waals surface area contributed by atoms with Crippen LogP contribution in [-0.2, 0) is 14.6 Å². The number of allylic oxidation sites excluding steroid dienone is 8. The molecule has 0 aliphatic rings. The minimum absolute atomic E-state index is 0.0893. The first-order valence-electron chi connectivity index (χ1n) is 9.42. The van der Waals surface area contributed by atoms with Crippen molar-refractivity contribution in [1.82, 2.24) is 0 Å². The summed E-state index contributed by atoms with van der Waals surface area (Å²) in [6.07, 6.45) is 24.8. The Labute approximate surface area is 167 Å². The van der Waals surface area contributed by atoms with E-state index in [-0.39, 0.29) is 12.5 Å². The van der Waals surface area contributed by atoms with Crippen LogP contribution in [0.2, 0.25) is 0 Å². The third kappa shape index (κ3) is 17.2. The maximum absolute atomic E-state index is 10.4. The lowest BCUT2D eigenvalue weighted by atomic mass is 10.2. The zero-order valence-electron chi connectivity index (χ0n) is 16.4. The van der Waals surface area contributed by atoms with Crippen LogP contribution in [0.3, 0.4) is 0 Å². The fourth-order valence-corrected chi connectivity index (χ4v) is 2.03. The molecular formula is C22H32O6. The first-order valence-corrected chi connectivity index (χ1v) is 9.42. The highest BCUT2D eigenvalue weighted by atomic mass is 17.1. The summed E-state index contributed by atoms with van der Waals surface area (Å²) in [5.74, 6) is -0.833. The molecular weight excluding hydrogens is 360 g/mol. The van der Waals surface area contributed by atoms with Crippen molar-refractivity contribution in [2.75, 3.05) is 0 Å².